The molecular weight excluding hydrogens is 424 g/mol. The van der Waals surface area contributed by atoms with Crippen molar-refractivity contribution in [3.8, 4) is 5.75 Å². The van der Waals surface area contributed by atoms with Crippen LogP contribution in [0.2, 0.25) is 5.02 Å². The lowest BCUT2D eigenvalue weighted by Crippen LogP contribution is -2.35. The van der Waals surface area contributed by atoms with Gasteiger partial charge in [0.25, 0.3) is 5.91 Å². The van der Waals surface area contributed by atoms with E-state index in [-0.39, 0.29) is 11.9 Å². The van der Waals surface area contributed by atoms with Crippen LogP contribution in [0, 0.1) is 0 Å². The molecule has 160 valence electrons. The Bertz CT molecular complexity index is 1070. The quantitative estimate of drug-likeness (QED) is 0.723. The molecule has 0 bridgehead atoms. The molecular formula is C22H25ClN2O4S. The fourth-order valence-electron chi connectivity index (χ4n) is 3.37. The summed E-state index contributed by atoms with van der Waals surface area (Å²) in [5.41, 5.74) is 2.37. The second kappa shape index (κ2) is 9.10. The number of ether oxygens (including phenoxy) is 1. The molecule has 0 aromatic heterocycles. The topological polar surface area (TPSA) is 75.7 Å². The van der Waals surface area contributed by atoms with Gasteiger partial charge in [-0.15, -0.1) is 0 Å². The van der Waals surface area contributed by atoms with E-state index in [1.807, 2.05) is 30.3 Å². The number of fused-ring (bicyclic) bond motifs is 1. The van der Waals surface area contributed by atoms with Crippen LogP contribution in [0.1, 0.15) is 35.8 Å². The molecule has 1 N–H and O–H groups in total. The molecule has 1 aliphatic rings. The second-order valence-corrected chi connectivity index (χ2v) is 9.68. The summed E-state index contributed by atoms with van der Waals surface area (Å²) in [6, 6.07) is 12.7. The van der Waals surface area contributed by atoms with E-state index >= 15 is 0 Å². The summed E-state index contributed by atoms with van der Waals surface area (Å²) in [5, 5.41) is 4.56. The Labute approximate surface area is 182 Å². The zero-order chi connectivity index (χ0) is 21.9. The number of sulfone groups is 1. The number of hydrogen-bond donors (Lipinski definition) is 1. The summed E-state index contributed by atoms with van der Waals surface area (Å²) in [5.74, 6) is 0.329. The highest BCUT2D eigenvalue weighted by Crippen LogP contribution is 2.39. The molecule has 0 radical (unpaired) electrons. The molecule has 30 heavy (non-hydrogen) atoms. The van der Waals surface area contributed by atoms with Gasteiger partial charge in [0.05, 0.1) is 18.3 Å². The van der Waals surface area contributed by atoms with Gasteiger partial charge in [-0.1, -0.05) is 35.9 Å². The fraction of sp³-hybridized carbons (Fsp3) is 0.318. The van der Waals surface area contributed by atoms with Gasteiger partial charge in [0.1, 0.15) is 12.4 Å². The van der Waals surface area contributed by atoms with Gasteiger partial charge in [-0.3, -0.25) is 4.79 Å². The number of carbonyl (C=O) groups excluding carboxylic acids is 1. The Hall–Kier alpha value is -2.51. The minimum absolute atomic E-state index is 0.0437. The smallest absolute Gasteiger partial charge is 0.251 e. The van der Waals surface area contributed by atoms with E-state index in [1.165, 1.54) is 6.08 Å². The summed E-state index contributed by atoms with van der Waals surface area (Å²) in [4.78, 5) is 14.8. The van der Waals surface area contributed by atoms with Crippen LogP contribution in [-0.2, 0) is 9.84 Å². The largest absolute Gasteiger partial charge is 0.490 e. The van der Waals surface area contributed by atoms with Crippen LogP contribution in [-0.4, -0.2) is 39.8 Å². The fourth-order valence-corrected chi connectivity index (χ4v) is 4.18. The third-order valence-corrected chi connectivity index (χ3v) is 5.91. The van der Waals surface area contributed by atoms with Crippen LogP contribution in [0.4, 0.5) is 5.69 Å². The number of nitrogens with zero attached hydrogens (tertiary/aromatic N) is 1. The van der Waals surface area contributed by atoms with E-state index in [0.717, 1.165) is 22.9 Å². The van der Waals surface area contributed by atoms with Crippen molar-refractivity contribution in [3.05, 3.63) is 70.1 Å². The molecule has 8 heteroatoms. The standard InChI is InChI=1S/C22H25ClN2O4S/c1-15(10-13-30(3,27)28)24-22(26)17-8-9-20-21(14-17)29-12-11-25(20)16(2)18-6-4-5-7-19(18)23/h4-10,13-16H,11-12H2,1-3H3,(H,24,26)/b13-10+/t15-,16?/m1/s1. The van der Waals surface area contributed by atoms with Gasteiger partial charge in [-0.2, -0.15) is 0 Å². The van der Waals surface area contributed by atoms with Gasteiger partial charge < -0.3 is 15.0 Å². The molecule has 1 unspecified atom stereocenters. The van der Waals surface area contributed by atoms with E-state index in [9.17, 15) is 13.2 Å². The van der Waals surface area contributed by atoms with Crippen molar-refractivity contribution in [1.82, 2.24) is 5.32 Å². The summed E-state index contributed by atoms with van der Waals surface area (Å²) < 4.78 is 28.3. The highest BCUT2D eigenvalue weighted by Gasteiger charge is 2.25. The van der Waals surface area contributed by atoms with E-state index in [0.29, 0.717) is 29.5 Å². The van der Waals surface area contributed by atoms with Crippen LogP contribution in [0.5, 0.6) is 5.75 Å². The van der Waals surface area contributed by atoms with Crippen LogP contribution < -0.4 is 15.0 Å². The molecule has 3 rings (SSSR count). The molecule has 2 atom stereocenters. The zero-order valence-electron chi connectivity index (χ0n) is 17.1. The Morgan fingerprint density at radius 3 is 2.67 bits per heavy atom. The van der Waals surface area contributed by atoms with E-state index in [2.05, 4.69) is 17.1 Å². The van der Waals surface area contributed by atoms with E-state index in [4.69, 9.17) is 16.3 Å². The number of hydrogen-bond acceptors (Lipinski definition) is 5. The number of amides is 1. The molecule has 1 aliphatic heterocycles. The van der Waals surface area contributed by atoms with Gasteiger partial charge >= 0.3 is 0 Å². The normalized spacial score (nSPS) is 15.9. The van der Waals surface area contributed by atoms with Crippen molar-refractivity contribution in [1.29, 1.82) is 0 Å². The molecule has 2 aromatic rings. The molecule has 0 spiro atoms. The van der Waals surface area contributed by atoms with Crippen LogP contribution in [0.25, 0.3) is 0 Å². The Kier molecular flexibility index (Phi) is 6.73. The Morgan fingerprint density at radius 2 is 1.97 bits per heavy atom. The van der Waals surface area contributed by atoms with Crippen molar-refractivity contribution in [3.63, 3.8) is 0 Å². The lowest BCUT2D eigenvalue weighted by atomic mass is 10.0. The first-order chi connectivity index (χ1) is 14.2. The van der Waals surface area contributed by atoms with Crippen molar-refractivity contribution in [2.24, 2.45) is 0 Å². The number of anilines is 1. The van der Waals surface area contributed by atoms with Gasteiger partial charge in [0.15, 0.2) is 9.84 Å². The second-order valence-electron chi connectivity index (χ2n) is 7.34. The lowest BCUT2D eigenvalue weighted by Gasteiger charge is -2.36. The first kappa shape index (κ1) is 22.2. The summed E-state index contributed by atoms with van der Waals surface area (Å²) in [6.07, 6.45) is 2.55. The molecule has 0 aliphatic carbocycles. The predicted molar refractivity (Wildman–Crippen MR) is 120 cm³/mol. The minimum atomic E-state index is -3.24. The molecule has 1 heterocycles. The summed E-state index contributed by atoms with van der Waals surface area (Å²) in [6.45, 7) is 5.01. The van der Waals surface area contributed by atoms with Crippen molar-refractivity contribution in [2.45, 2.75) is 25.9 Å². The van der Waals surface area contributed by atoms with Gasteiger partial charge in [0, 0.05) is 28.3 Å². The van der Waals surface area contributed by atoms with E-state index in [1.54, 1.807) is 19.1 Å². The molecule has 0 fully saturated rings. The number of nitrogens with one attached hydrogen (secondary N) is 1. The van der Waals surface area contributed by atoms with Gasteiger partial charge in [0.2, 0.25) is 0 Å². The summed E-state index contributed by atoms with van der Waals surface area (Å²) in [7, 11) is -3.24. The third-order valence-electron chi connectivity index (χ3n) is 4.92. The first-order valence-corrected chi connectivity index (χ1v) is 12.0. The van der Waals surface area contributed by atoms with Crippen molar-refractivity contribution >= 4 is 33.0 Å². The number of halogens is 1. The number of carbonyl (C=O) groups is 1. The lowest BCUT2D eigenvalue weighted by molar-refractivity contribution is 0.0946. The average molecular weight is 449 g/mol. The Balaban J connectivity index is 1.79. The maximum Gasteiger partial charge on any atom is 0.251 e. The molecule has 1 amide bonds. The van der Waals surface area contributed by atoms with Crippen molar-refractivity contribution < 1.29 is 17.9 Å². The zero-order valence-corrected chi connectivity index (χ0v) is 18.7. The number of benzene rings is 2. The molecule has 2 aromatic carbocycles. The highest BCUT2D eigenvalue weighted by molar-refractivity contribution is 7.93. The highest BCUT2D eigenvalue weighted by atomic mass is 35.5. The Morgan fingerprint density at radius 1 is 1.23 bits per heavy atom. The average Bonchev–Trinajstić information content (AvgIpc) is 2.70. The minimum Gasteiger partial charge on any atom is -0.490 e. The molecule has 6 nitrogen and oxygen atoms in total. The SMILES string of the molecule is CC(c1ccccc1Cl)N1CCOc2cc(C(=O)N[C@H](C)/C=C/S(C)(=O)=O)ccc21. The predicted octanol–water partition coefficient (Wildman–Crippen LogP) is 3.98. The van der Waals surface area contributed by atoms with Gasteiger partial charge in [-0.25, -0.2) is 8.42 Å². The maximum atomic E-state index is 12.6. The van der Waals surface area contributed by atoms with Crippen molar-refractivity contribution in [2.75, 3.05) is 24.3 Å². The van der Waals surface area contributed by atoms with E-state index < -0.39 is 15.9 Å². The first-order valence-electron chi connectivity index (χ1n) is 9.63. The molecule has 0 saturated heterocycles. The summed E-state index contributed by atoms with van der Waals surface area (Å²) >= 11 is 6.38. The van der Waals surface area contributed by atoms with Crippen LogP contribution in [0.15, 0.2) is 53.9 Å². The monoisotopic (exact) mass is 448 g/mol. The van der Waals surface area contributed by atoms with Crippen LogP contribution >= 0.6 is 11.6 Å². The van der Waals surface area contributed by atoms with Crippen LogP contribution in [0.3, 0.4) is 0 Å². The number of rotatable bonds is 6. The maximum absolute atomic E-state index is 12.6. The third kappa shape index (κ3) is 5.34. The molecule has 0 saturated carbocycles. The van der Waals surface area contributed by atoms with Gasteiger partial charge in [-0.05, 0) is 43.7 Å².